The fraction of sp³-hybridized carbons (Fsp3) is 0.424. The van der Waals surface area contributed by atoms with Crippen molar-refractivity contribution in [1.29, 1.82) is 0 Å². The molecule has 0 aliphatic carbocycles. The molecule has 0 radical (unpaired) electrons. The number of benzene rings is 6. The Kier molecular flexibility index (Phi) is 32.5. The molecule has 2 amide bonds. The largest absolute Gasteiger partial charge is 0.444 e. The molecule has 1 fully saturated rings. The first-order chi connectivity index (χ1) is 42.6. The molecule has 28 heteroatoms. The van der Waals surface area contributed by atoms with Gasteiger partial charge in [-0.1, -0.05) is 69.5 Å². The van der Waals surface area contributed by atoms with E-state index in [1.54, 1.807) is 47.6 Å². The molecule has 1 saturated heterocycles. The number of alkyl halides is 9. The number of amides is 2. The van der Waals surface area contributed by atoms with E-state index in [4.69, 9.17) is 25.7 Å². The Morgan fingerprint density at radius 3 is 1.18 bits per heavy atom. The summed E-state index contributed by atoms with van der Waals surface area (Å²) >= 11 is 0. The van der Waals surface area contributed by atoms with Gasteiger partial charge in [0.25, 0.3) is 0 Å². The van der Waals surface area contributed by atoms with Gasteiger partial charge < -0.3 is 57.2 Å². The molecule has 13 nitrogen and oxygen atoms in total. The fourth-order valence-electron chi connectivity index (χ4n) is 8.48. The minimum Gasteiger partial charge on any atom is -0.444 e. The van der Waals surface area contributed by atoms with Gasteiger partial charge in [0.2, 0.25) is 0 Å². The summed E-state index contributed by atoms with van der Waals surface area (Å²) in [7, 11) is 0. The average Bonchev–Trinajstić information content (AvgIpc) is 1.70. The van der Waals surface area contributed by atoms with E-state index < -0.39 is 118 Å². The molecule has 1 heterocycles. The maximum absolute atomic E-state index is 13.6. The lowest BCUT2D eigenvalue weighted by Crippen LogP contribution is -2.49. The number of hydrogen-bond acceptors (Lipinski definition) is 11. The summed E-state index contributed by atoms with van der Waals surface area (Å²) in [6, 6.07) is 21.6. The van der Waals surface area contributed by atoms with Gasteiger partial charge in [0.05, 0.1) is 47.6 Å². The first kappa shape index (κ1) is 82.6. The number of epoxide rings is 1. The summed E-state index contributed by atoms with van der Waals surface area (Å²) in [6.45, 7) is 10.9. The van der Waals surface area contributed by atoms with E-state index in [-0.39, 0.29) is 84.5 Å². The van der Waals surface area contributed by atoms with Gasteiger partial charge in [-0.3, -0.25) is 0 Å². The van der Waals surface area contributed by atoms with Crippen LogP contribution in [0.2, 0.25) is 0 Å². The van der Waals surface area contributed by atoms with E-state index in [1.165, 1.54) is 42.5 Å². The first-order valence-corrected chi connectivity index (χ1v) is 28.3. The predicted molar refractivity (Wildman–Crippen MR) is 325 cm³/mol. The topological polar surface area (TPSA) is 206 Å². The summed E-state index contributed by atoms with van der Waals surface area (Å²) in [6.07, 6.45) is -16.8. The zero-order valence-electron chi connectivity index (χ0n) is 50.7. The normalized spacial score (nSPS) is 14.6. The molecule has 0 bridgehead atoms. The summed E-state index contributed by atoms with van der Waals surface area (Å²) in [4.78, 5) is 24.0. The second-order valence-corrected chi connectivity index (χ2v) is 23.2. The third kappa shape index (κ3) is 32.1. The number of alkyl carbamates (subject to hydrolysis) is 2. The molecule has 0 aromatic heterocycles. The lowest BCUT2D eigenvalue weighted by Gasteiger charge is -2.27. The minimum absolute atomic E-state index is 0. The molecular formula is C66H81F15N6O7. The first-order valence-electron chi connectivity index (χ1n) is 28.3. The Morgan fingerprint density at radius 2 is 0.830 bits per heavy atom. The monoisotopic (exact) mass is 1350 g/mol. The molecule has 1 aliphatic rings. The standard InChI is InChI=1S/C23H27F5N2O3.C18H19F5N2O.C15H19F2NO3.C8H8F3N.2CH4/c1-22(2,3)33-21(32)30-19(10-15-8-17(24)11-18(25)9-15)20(31)13-29-12-14-5-4-6-16(7-14)23(26,27)28;19-14-5-12(6-15(20)8-14)7-16(24)17(26)10-25-9-11-2-1-3-13(4-11)18(21,22)23;1-15(2,3)21-14(19)18-12(13-8-20-13)6-9-4-10(16)7-11(17)5-9;9-8(10,11)7-3-1-2-6(4-7)5-12;;/h4-9,11,19-20,29,31H,10,12-13H2,1-3H3,(H,30,32);1-6,8,16-17,25-26H,7,9-10,24H2;4-5,7,12-13H,6,8H2,1-3H3,(H,18,19);1-4H,5,12H2;2*1H4/t19-,20+;16-,17+;12-,13+;;;/m000.../s1. The summed E-state index contributed by atoms with van der Waals surface area (Å²) in [5.41, 5.74) is 9.64. The van der Waals surface area contributed by atoms with Crippen LogP contribution in [-0.2, 0) is 71.6 Å². The average molecular weight is 1360 g/mol. The van der Waals surface area contributed by atoms with Gasteiger partial charge in [-0.2, -0.15) is 39.5 Å². The second kappa shape index (κ2) is 37.0. The van der Waals surface area contributed by atoms with Gasteiger partial charge in [-0.25, -0.2) is 35.9 Å². The highest BCUT2D eigenvalue weighted by atomic mass is 19.4. The van der Waals surface area contributed by atoms with Crippen LogP contribution in [0.3, 0.4) is 0 Å². The zero-order valence-corrected chi connectivity index (χ0v) is 50.7. The zero-order chi connectivity index (χ0) is 68.9. The van der Waals surface area contributed by atoms with E-state index in [9.17, 15) is 85.7 Å². The Labute approximate surface area is 536 Å². The van der Waals surface area contributed by atoms with Gasteiger partial charge in [-0.05, 0) is 149 Å². The summed E-state index contributed by atoms with van der Waals surface area (Å²) in [5, 5.41) is 31.5. The van der Waals surface area contributed by atoms with Crippen LogP contribution in [0, 0.1) is 34.9 Å². The van der Waals surface area contributed by atoms with Crippen molar-refractivity contribution in [3.05, 3.63) is 212 Å². The highest BCUT2D eigenvalue weighted by molar-refractivity contribution is 5.68. The number of aliphatic hydroxyl groups excluding tert-OH is 2. The maximum Gasteiger partial charge on any atom is 0.416 e. The molecule has 7 rings (SSSR count). The summed E-state index contributed by atoms with van der Waals surface area (Å²) in [5.74, 6) is -4.36. The van der Waals surface area contributed by atoms with Crippen LogP contribution >= 0.6 is 0 Å². The fourth-order valence-corrected chi connectivity index (χ4v) is 8.48. The molecule has 6 atom stereocenters. The highest BCUT2D eigenvalue weighted by Gasteiger charge is 2.36. The molecule has 0 spiro atoms. The Hall–Kier alpha value is -7.47. The number of ether oxygens (including phenoxy) is 3. The van der Waals surface area contributed by atoms with Crippen molar-refractivity contribution in [2.45, 2.75) is 161 Å². The van der Waals surface area contributed by atoms with Crippen molar-refractivity contribution < 1.29 is 99.9 Å². The van der Waals surface area contributed by atoms with Crippen LogP contribution in [0.15, 0.2) is 127 Å². The van der Waals surface area contributed by atoms with Gasteiger partial charge in [-0.15, -0.1) is 0 Å². The molecule has 10 N–H and O–H groups in total. The van der Waals surface area contributed by atoms with Crippen molar-refractivity contribution in [3.63, 3.8) is 0 Å². The second-order valence-electron chi connectivity index (χ2n) is 23.2. The number of aliphatic hydroxyl groups is 2. The molecule has 94 heavy (non-hydrogen) atoms. The highest BCUT2D eigenvalue weighted by Crippen LogP contribution is 2.32. The number of rotatable bonds is 20. The predicted octanol–water partition coefficient (Wildman–Crippen LogP) is 13.8. The van der Waals surface area contributed by atoms with Crippen LogP contribution in [0.1, 0.15) is 106 Å². The number of nitrogens with one attached hydrogen (secondary N) is 4. The molecule has 0 saturated carbocycles. The lowest BCUT2D eigenvalue weighted by molar-refractivity contribution is -0.138. The smallest absolute Gasteiger partial charge is 0.416 e. The van der Waals surface area contributed by atoms with Crippen molar-refractivity contribution in [3.8, 4) is 0 Å². The van der Waals surface area contributed by atoms with Crippen LogP contribution in [-0.4, -0.2) is 89.7 Å². The minimum atomic E-state index is -4.47. The van der Waals surface area contributed by atoms with Crippen LogP contribution in [0.4, 0.5) is 75.4 Å². The number of halogens is 15. The number of hydrogen-bond donors (Lipinski definition) is 8. The Balaban J connectivity index is 0.000000444. The molecule has 522 valence electrons. The van der Waals surface area contributed by atoms with E-state index >= 15 is 0 Å². The molecular weight excluding hydrogens is 1270 g/mol. The van der Waals surface area contributed by atoms with E-state index in [0.29, 0.717) is 40.5 Å². The van der Waals surface area contributed by atoms with Gasteiger partial charge in [0.1, 0.15) is 52.2 Å². The van der Waals surface area contributed by atoms with Gasteiger partial charge >= 0.3 is 30.7 Å². The number of carbonyl (C=O) groups is 2. The molecule has 0 unspecified atom stereocenters. The van der Waals surface area contributed by atoms with Crippen molar-refractivity contribution in [2.75, 3.05) is 19.7 Å². The van der Waals surface area contributed by atoms with Crippen LogP contribution < -0.4 is 32.7 Å². The summed E-state index contributed by atoms with van der Waals surface area (Å²) < 4.78 is 208. The third-order valence-corrected chi connectivity index (χ3v) is 12.7. The van der Waals surface area contributed by atoms with E-state index in [2.05, 4.69) is 21.3 Å². The molecule has 6 aromatic rings. The SMILES string of the molecule is C.C.CC(C)(C)OC(=O)N[C@@H](Cc1cc(F)cc(F)c1)[C@H](O)CNCc1cccc(C(F)(F)F)c1.CC(C)(C)OC(=O)N[C@@H](Cc1cc(F)cc(F)c1)[C@H]1CO1.NCc1cccc(C(F)(F)F)c1.N[C@@H](Cc1cc(F)cc(F)c1)[C@H](O)CNCc1cccc(C(F)(F)F)c1. The quantitative estimate of drug-likeness (QED) is 0.0267. The maximum atomic E-state index is 13.6. The lowest BCUT2D eigenvalue weighted by atomic mass is 10.0. The van der Waals surface area contributed by atoms with Crippen molar-refractivity contribution in [2.24, 2.45) is 11.5 Å². The van der Waals surface area contributed by atoms with E-state index in [0.717, 1.165) is 72.8 Å². The van der Waals surface area contributed by atoms with Gasteiger partial charge in [0, 0.05) is 57.0 Å². The van der Waals surface area contributed by atoms with Crippen molar-refractivity contribution in [1.82, 2.24) is 21.3 Å². The number of carbonyl (C=O) groups excluding carboxylic acids is 2. The molecule has 1 aliphatic heterocycles. The van der Waals surface area contributed by atoms with Crippen LogP contribution in [0.5, 0.6) is 0 Å². The Morgan fingerprint density at radius 1 is 0.500 bits per heavy atom. The third-order valence-electron chi connectivity index (χ3n) is 12.7. The van der Waals surface area contributed by atoms with Crippen molar-refractivity contribution >= 4 is 12.2 Å². The molecule has 6 aromatic carbocycles. The van der Waals surface area contributed by atoms with E-state index in [1.807, 2.05) is 0 Å². The van der Waals surface area contributed by atoms with Crippen LogP contribution in [0.25, 0.3) is 0 Å². The van der Waals surface area contributed by atoms with Gasteiger partial charge in [0.15, 0.2) is 0 Å². The number of nitrogens with two attached hydrogens (primary N) is 2. The Bertz CT molecular complexity index is 3240.